The fraction of sp³-hybridized carbons (Fsp3) is 0.500. The molecule has 2 heteroatoms. The van der Waals surface area contributed by atoms with Gasteiger partial charge < -0.3 is 4.90 Å². The first-order chi connectivity index (χ1) is 6.34. The van der Waals surface area contributed by atoms with E-state index in [4.69, 9.17) is 0 Å². The van der Waals surface area contributed by atoms with Gasteiger partial charge in [0.1, 0.15) is 0 Å². The van der Waals surface area contributed by atoms with Crippen LogP contribution in [0.15, 0.2) is 22.7 Å². The molecule has 1 rings (SSSR count). The highest BCUT2D eigenvalue weighted by Crippen LogP contribution is 2.36. The summed E-state index contributed by atoms with van der Waals surface area (Å²) in [5, 5.41) is 0. The maximum absolute atomic E-state index is 3.62. The van der Waals surface area contributed by atoms with Crippen LogP contribution < -0.4 is 4.90 Å². The highest BCUT2D eigenvalue weighted by Gasteiger charge is 2.21. The molecule has 0 saturated heterocycles. The average molecular weight is 256 g/mol. The van der Waals surface area contributed by atoms with Crippen LogP contribution in [0.25, 0.3) is 0 Å². The smallest absolute Gasteiger partial charge is 0.0410 e. The van der Waals surface area contributed by atoms with E-state index in [0.29, 0.717) is 0 Å². The summed E-state index contributed by atoms with van der Waals surface area (Å²) in [7, 11) is 4.16. The lowest BCUT2D eigenvalue weighted by atomic mass is 9.85. The standard InChI is InChI=1S/C12H18BrN/c1-12(2,3)11-9(13)7-6-8-10(11)14(4)5/h6-8H,1-5H3. The molecule has 0 atom stereocenters. The molecular formula is C12H18BrN. The lowest BCUT2D eigenvalue weighted by Crippen LogP contribution is -2.19. The predicted molar refractivity (Wildman–Crippen MR) is 67.2 cm³/mol. The van der Waals surface area contributed by atoms with E-state index in [2.05, 4.69) is 73.9 Å². The Bertz CT molecular complexity index is 324. The van der Waals surface area contributed by atoms with Crippen LogP contribution in [-0.4, -0.2) is 14.1 Å². The van der Waals surface area contributed by atoms with Gasteiger partial charge in [-0.3, -0.25) is 0 Å². The van der Waals surface area contributed by atoms with Crippen molar-refractivity contribution in [2.45, 2.75) is 26.2 Å². The fourth-order valence-corrected chi connectivity index (χ4v) is 2.58. The Morgan fingerprint density at radius 2 is 1.71 bits per heavy atom. The molecule has 0 aromatic heterocycles. The Hall–Kier alpha value is -0.500. The molecule has 0 spiro atoms. The van der Waals surface area contributed by atoms with Crippen molar-refractivity contribution >= 4 is 21.6 Å². The first kappa shape index (κ1) is 11.6. The summed E-state index contributed by atoms with van der Waals surface area (Å²) in [5.74, 6) is 0. The largest absolute Gasteiger partial charge is 0.377 e. The second kappa shape index (κ2) is 3.93. The van der Waals surface area contributed by atoms with Crippen LogP contribution in [0.1, 0.15) is 26.3 Å². The number of hydrogen-bond acceptors (Lipinski definition) is 1. The first-order valence-electron chi connectivity index (χ1n) is 4.80. The van der Waals surface area contributed by atoms with Crippen molar-refractivity contribution in [1.82, 2.24) is 0 Å². The zero-order chi connectivity index (χ0) is 10.9. The fourth-order valence-electron chi connectivity index (χ4n) is 1.63. The van der Waals surface area contributed by atoms with Crippen LogP contribution in [0.5, 0.6) is 0 Å². The Morgan fingerprint density at radius 1 is 1.14 bits per heavy atom. The summed E-state index contributed by atoms with van der Waals surface area (Å²) in [4.78, 5) is 2.16. The minimum atomic E-state index is 0.166. The first-order valence-corrected chi connectivity index (χ1v) is 5.59. The molecule has 0 saturated carbocycles. The van der Waals surface area contributed by atoms with E-state index >= 15 is 0 Å². The van der Waals surface area contributed by atoms with Crippen molar-refractivity contribution in [1.29, 1.82) is 0 Å². The molecular weight excluding hydrogens is 238 g/mol. The number of halogens is 1. The van der Waals surface area contributed by atoms with E-state index in [-0.39, 0.29) is 5.41 Å². The van der Waals surface area contributed by atoms with Gasteiger partial charge in [-0.1, -0.05) is 42.8 Å². The number of benzene rings is 1. The minimum Gasteiger partial charge on any atom is -0.377 e. The predicted octanol–water partition coefficient (Wildman–Crippen LogP) is 3.81. The van der Waals surface area contributed by atoms with E-state index in [0.717, 1.165) is 0 Å². The van der Waals surface area contributed by atoms with Crippen LogP contribution in [0, 0.1) is 0 Å². The molecule has 1 aromatic rings. The lowest BCUT2D eigenvalue weighted by molar-refractivity contribution is 0.587. The highest BCUT2D eigenvalue weighted by atomic mass is 79.9. The van der Waals surface area contributed by atoms with Crippen molar-refractivity contribution in [3.8, 4) is 0 Å². The van der Waals surface area contributed by atoms with E-state index in [1.54, 1.807) is 0 Å². The number of anilines is 1. The molecule has 14 heavy (non-hydrogen) atoms. The molecule has 1 aromatic carbocycles. The van der Waals surface area contributed by atoms with Crippen LogP contribution in [-0.2, 0) is 5.41 Å². The third-order valence-electron chi connectivity index (χ3n) is 2.22. The second-order valence-corrected chi connectivity index (χ2v) is 5.63. The second-order valence-electron chi connectivity index (χ2n) is 4.78. The molecule has 0 aliphatic carbocycles. The van der Waals surface area contributed by atoms with Gasteiger partial charge in [-0.05, 0) is 23.1 Å². The molecule has 0 unspecified atom stereocenters. The molecule has 0 fully saturated rings. The molecule has 0 N–H and O–H groups in total. The van der Waals surface area contributed by atoms with Crippen molar-refractivity contribution in [3.05, 3.63) is 28.2 Å². The van der Waals surface area contributed by atoms with Crippen LogP contribution in [0.2, 0.25) is 0 Å². The third kappa shape index (κ3) is 2.30. The van der Waals surface area contributed by atoms with Gasteiger partial charge in [0.2, 0.25) is 0 Å². The van der Waals surface area contributed by atoms with Crippen molar-refractivity contribution in [3.63, 3.8) is 0 Å². The van der Waals surface area contributed by atoms with E-state index in [1.807, 2.05) is 0 Å². The lowest BCUT2D eigenvalue weighted by Gasteiger charge is -2.27. The number of hydrogen-bond donors (Lipinski definition) is 0. The van der Waals surface area contributed by atoms with Gasteiger partial charge in [0.05, 0.1) is 0 Å². The van der Waals surface area contributed by atoms with Gasteiger partial charge in [-0.25, -0.2) is 0 Å². The molecule has 1 nitrogen and oxygen atoms in total. The summed E-state index contributed by atoms with van der Waals surface area (Å²) < 4.78 is 1.19. The van der Waals surface area contributed by atoms with Gasteiger partial charge in [-0.2, -0.15) is 0 Å². The summed E-state index contributed by atoms with van der Waals surface area (Å²) in [6, 6.07) is 6.34. The van der Waals surface area contributed by atoms with Gasteiger partial charge in [0, 0.05) is 24.3 Å². The average Bonchev–Trinajstić information content (AvgIpc) is 2.01. The number of nitrogens with zero attached hydrogens (tertiary/aromatic N) is 1. The van der Waals surface area contributed by atoms with Crippen LogP contribution in [0.4, 0.5) is 5.69 Å². The monoisotopic (exact) mass is 255 g/mol. The van der Waals surface area contributed by atoms with Gasteiger partial charge in [0.15, 0.2) is 0 Å². The summed E-state index contributed by atoms with van der Waals surface area (Å²) in [6.07, 6.45) is 0. The van der Waals surface area contributed by atoms with Crippen molar-refractivity contribution < 1.29 is 0 Å². The van der Waals surface area contributed by atoms with E-state index in [1.165, 1.54) is 15.7 Å². The summed E-state index contributed by atoms with van der Waals surface area (Å²) in [6.45, 7) is 6.71. The van der Waals surface area contributed by atoms with E-state index < -0.39 is 0 Å². The topological polar surface area (TPSA) is 3.24 Å². The molecule has 0 bridgehead atoms. The quantitative estimate of drug-likeness (QED) is 0.738. The molecule has 0 aliphatic rings. The Kier molecular flexibility index (Phi) is 3.25. The SMILES string of the molecule is CN(C)c1cccc(Br)c1C(C)(C)C. The minimum absolute atomic E-state index is 0.166. The van der Waals surface area contributed by atoms with Crippen LogP contribution >= 0.6 is 15.9 Å². The Labute approximate surface area is 95.2 Å². The van der Waals surface area contributed by atoms with Gasteiger partial charge in [0.25, 0.3) is 0 Å². The maximum Gasteiger partial charge on any atom is 0.0410 e. The molecule has 0 amide bonds. The molecule has 0 heterocycles. The summed E-state index contributed by atoms with van der Waals surface area (Å²) >= 11 is 3.62. The normalized spacial score (nSPS) is 11.6. The molecule has 0 aliphatic heterocycles. The van der Waals surface area contributed by atoms with Gasteiger partial charge in [-0.15, -0.1) is 0 Å². The Balaban J connectivity index is 3.38. The molecule has 78 valence electrons. The Morgan fingerprint density at radius 3 is 2.07 bits per heavy atom. The number of rotatable bonds is 1. The zero-order valence-electron chi connectivity index (χ0n) is 9.56. The zero-order valence-corrected chi connectivity index (χ0v) is 11.1. The third-order valence-corrected chi connectivity index (χ3v) is 2.88. The van der Waals surface area contributed by atoms with Crippen molar-refractivity contribution in [2.75, 3.05) is 19.0 Å². The molecule has 0 radical (unpaired) electrons. The van der Waals surface area contributed by atoms with Crippen molar-refractivity contribution in [2.24, 2.45) is 0 Å². The van der Waals surface area contributed by atoms with Gasteiger partial charge >= 0.3 is 0 Å². The van der Waals surface area contributed by atoms with E-state index in [9.17, 15) is 0 Å². The highest BCUT2D eigenvalue weighted by molar-refractivity contribution is 9.10. The maximum atomic E-state index is 3.62. The van der Waals surface area contributed by atoms with Crippen LogP contribution in [0.3, 0.4) is 0 Å². The summed E-state index contributed by atoms with van der Waals surface area (Å²) in [5.41, 5.74) is 2.82.